The highest BCUT2D eigenvalue weighted by Crippen LogP contribution is 2.61. The van der Waals surface area contributed by atoms with Crippen LogP contribution >= 0.6 is 0 Å². The first-order chi connectivity index (χ1) is 9.95. The first kappa shape index (κ1) is 14.6. The van der Waals surface area contributed by atoms with Gasteiger partial charge in [0, 0.05) is 11.8 Å². The fourth-order valence-electron chi connectivity index (χ4n) is 4.89. The van der Waals surface area contributed by atoms with Gasteiger partial charge in [-0.25, -0.2) is 0 Å². The van der Waals surface area contributed by atoms with Crippen LogP contribution in [0.5, 0.6) is 0 Å². The van der Waals surface area contributed by atoms with E-state index in [1.54, 1.807) is 0 Å². The van der Waals surface area contributed by atoms with Crippen molar-refractivity contribution in [2.45, 2.75) is 58.8 Å². The molecule has 21 heavy (non-hydrogen) atoms. The summed E-state index contributed by atoms with van der Waals surface area (Å²) in [5, 5.41) is 0. The predicted octanol–water partition coefficient (Wildman–Crippen LogP) is 3.74. The molecule has 0 aliphatic heterocycles. The van der Waals surface area contributed by atoms with Gasteiger partial charge in [0.1, 0.15) is 0 Å². The molecule has 0 saturated heterocycles. The number of ether oxygens (including phenoxy) is 1. The zero-order chi connectivity index (χ0) is 15.3. The third-order valence-corrected chi connectivity index (χ3v) is 6.03. The minimum atomic E-state index is -0.439. The molecule has 0 bridgehead atoms. The Kier molecular flexibility index (Phi) is 3.34. The maximum absolute atomic E-state index is 12.5. The van der Waals surface area contributed by atoms with Crippen LogP contribution in [0.2, 0.25) is 0 Å². The number of ketones is 1. The quantitative estimate of drug-likeness (QED) is 0.545. The SMILES string of the molecule is COC(=O)[C@]12CCCC=C1C1(C)CCC(=O)C(C)=C1CC2. The van der Waals surface area contributed by atoms with Crippen LogP contribution in [0.1, 0.15) is 58.8 Å². The van der Waals surface area contributed by atoms with Crippen LogP contribution in [-0.2, 0) is 14.3 Å². The molecule has 0 radical (unpaired) electrons. The number of fused-ring (bicyclic) bond motifs is 3. The summed E-state index contributed by atoms with van der Waals surface area (Å²) in [6.07, 6.45) is 8.31. The summed E-state index contributed by atoms with van der Waals surface area (Å²) < 4.78 is 5.16. The smallest absolute Gasteiger partial charge is 0.315 e. The van der Waals surface area contributed by atoms with Gasteiger partial charge in [-0.05, 0) is 56.6 Å². The normalized spacial score (nSPS) is 35.8. The minimum Gasteiger partial charge on any atom is -0.468 e. The van der Waals surface area contributed by atoms with E-state index < -0.39 is 5.41 Å². The molecule has 1 saturated carbocycles. The molecule has 3 aliphatic carbocycles. The Bertz CT molecular complexity index is 569. The van der Waals surface area contributed by atoms with Gasteiger partial charge in [0.2, 0.25) is 0 Å². The monoisotopic (exact) mass is 288 g/mol. The molecule has 0 aromatic rings. The van der Waals surface area contributed by atoms with E-state index in [9.17, 15) is 9.59 Å². The molecule has 1 fully saturated rings. The molecule has 114 valence electrons. The van der Waals surface area contributed by atoms with Crippen LogP contribution in [-0.4, -0.2) is 18.9 Å². The minimum absolute atomic E-state index is 0.0803. The van der Waals surface area contributed by atoms with Crippen LogP contribution in [0.25, 0.3) is 0 Å². The fourth-order valence-corrected chi connectivity index (χ4v) is 4.89. The number of carbonyl (C=O) groups is 2. The molecule has 0 N–H and O–H groups in total. The first-order valence-electron chi connectivity index (χ1n) is 7.99. The van der Waals surface area contributed by atoms with Crippen LogP contribution in [0, 0.1) is 10.8 Å². The van der Waals surface area contributed by atoms with E-state index in [1.165, 1.54) is 18.3 Å². The van der Waals surface area contributed by atoms with Gasteiger partial charge in [-0.3, -0.25) is 9.59 Å². The van der Waals surface area contributed by atoms with Crippen molar-refractivity contribution in [3.63, 3.8) is 0 Å². The van der Waals surface area contributed by atoms with Crippen molar-refractivity contribution in [2.24, 2.45) is 10.8 Å². The van der Waals surface area contributed by atoms with Crippen LogP contribution in [0.15, 0.2) is 22.8 Å². The van der Waals surface area contributed by atoms with Crippen LogP contribution in [0.4, 0.5) is 0 Å². The van der Waals surface area contributed by atoms with Gasteiger partial charge in [-0.15, -0.1) is 0 Å². The maximum Gasteiger partial charge on any atom is 0.315 e. The standard InChI is InChI=1S/C18H24O3/c1-12-13-7-11-18(16(20)21-3)9-5-4-6-15(18)17(13,2)10-8-14(12)19/h6H,4-5,7-11H2,1-3H3/t17?,18-/m0/s1. The Balaban J connectivity index is 2.15. The van der Waals surface area contributed by atoms with E-state index in [0.717, 1.165) is 44.1 Å². The number of allylic oxidation sites excluding steroid dienone is 3. The zero-order valence-electron chi connectivity index (χ0n) is 13.3. The molecule has 0 spiro atoms. The molecular formula is C18H24O3. The molecule has 0 aromatic carbocycles. The fraction of sp³-hybridized carbons (Fsp3) is 0.667. The lowest BCUT2D eigenvalue weighted by atomic mass is 9.50. The van der Waals surface area contributed by atoms with Gasteiger partial charge in [0.05, 0.1) is 12.5 Å². The van der Waals surface area contributed by atoms with E-state index in [0.29, 0.717) is 6.42 Å². The third kappa shape index (κ3) is 1.86. The van der Waals surface area contributed by atoms with E-state index in [4.69, 9.17) is 4.74 Å². The van der Waals surface area contributed by atoms with Crippen molar-refractivity contribution in [1.82, 2.24) is 0 Å². The Labute approximate surface area is 126 Å². The molecule has 0 heterocycles. The number of rotatable bonds is 1. The summed E-state index contributed by atoms with van der Waals surface area (Å²) in [7, 11) is 1.49. The van der Waals surface area contributed by atoms with E-state index >= 15 is 0 Å². The molecule has 0 aromatic heterocycles. The van der Waals surface area contributed by atoms with Crippen molar-refractivity contribution in [3.8, 4) is 0 Å². The molecule has 3 nitrogen and oxygen atoms in total. The Morgan fingerprint density at radius 2 is 2.00 bits per heavy atom. The van der Waals surface area contributed by atoms with Gasteiger partial charge in [0.15, 0.2) is 5.78 Å². The summed E-state index contributed by atoms with van der Waals surface area (Å²) in [6, 6.07) is 0. The summed E-state index contributed by atoms with van der Waals surface area (Å²) in [4.78, 5) is 24.6. The lowest BCUT2D eigenvalue weighted by Crippen LogP contribution is -2.48. The van der Waals surface area contributed by atoms with Gasteiger partial charge >= 0.3 is 5.97 Å². The van der Waals surface area contributed by atoms with E-state index in [-0.39, 0.29) is 17.2 Å². The second kappa shape index (κ2) is 4.82. The lowest BCUT2D eigenvalue weighted by molar-refractivity contribution is -0.153. The molecule has 3 aliphatic rings. The predicted molar refractivity (Wildman–Crippen MR) is 80.7 cm³/mol. The number of esters is 1. The summed E-state index contributed by atoms with van der Waals surface area (Å²) >= 11 is 0. The van der Waals surface area contributed by atoms with Crippen LogP contribution in [0.3, 0.4) is 0 Å². The van der Waals surface area contributed by atoms with Gasteiger partial charge in [0.25, 0.3) is 0 Å². The Morgan fingerprint density at radius 1 is 1.24 bits per heavy atom. The number of hydrogen-bond acceptors (Lipinski definition) is 3. The maximum atomic E-state index is 12.5. The highest BCUT2D eigenvalue weighted by atomic mass is 16.5. The average Bonchev–Trinajstić information content (AvgIpc) is 2.50. The zero-order valence-corrected chi connectivity index (χ0v) is 13.3. The van der Waals surface area contributed by atoms with Crippen molar-refractivity contribution in [1.29, 1.82) is 0 Å². The number of Topliss-reactive ketones (excluding diaryl/α,β-unsaturated/α-hetero) is 1. The van der Waals surface area contributed by atoms with Crippen molar-refractivity contribution >= 4 is 11.8 Å². The molecule has 0 amide bonds. The highest BCUT2D eigenvalue weighted by molar-refractivity contribution is 5.97. The van der Waals surface area contributed by atoms with E-state index in [2.05, 4.69) is 13.0 Å². The average molecular weight is 288 g/mol. The topological polar surface area (TPSA) is 43.4 Å². The van der Waals surface area contributed by atoms with Gasteiger partial charge in [-0.1, -0.05) is 18.6 Å². The number of hydrogen-bond donors (Lipinski definition) is 0. The Morgan fingerprint density at radius 3 is 2.71 bits per heavy atom. The second-order valence-electron chi connectivity index (χ2n) is 6.94. The first-order valence-corrected chi connectivity index (χ1v) is 7.99. The highest BCUT2D eigenvalue weighted by Gasteiger charge is 2.55. The van der Waals surface area contributed by atoms with Crippen molar-refractivity contribution < 1.29 is 14.3 Å². The lowest BCUT2D eigenvalue weighted by Gasteiger charge is -2.52. The Hall–Kier alpha value is -1.38. The molecule has 1 unspecified atom stereocenters. The van der Waals surface area contributed by atoms with E-state index in [1.807, 2.05) is 6.92 Å². The second-order valence-corrected chi connectivity index (χ2v) is 6.94. The third-order valence-electron chi connectivity index (χ3n) is 6.03. The largest absolute Gasteiger partial charge is 0.468 e. The molecule has 3 rings (SSSR count). The summed E-state index contributed by atoms with van der Waals surface area (Å²) in [5.41, 5.74) is 2.89. The molecule has 2 atom stereocenters. The van der Waals surface area contributed by atoms with Gasteiger partial charge < -0.3 is 4.74 Å². The summed E-state index contributed by atoms with van der Waals surface area (Å²) in [6.45, 7) is 4.19. The van der Waals surface area contributed by atoms with Gasteiger partial charge in [-0.2, -0.15) is 0 Å². The number of carbonyl (C=O) groups excluding carboxylic acids is 2. The molecular weight excluding hydrogens is 264 g/mol. The summed E-state index contributed by atoms with van der Waals surface area (Å²) in [5.74, 6) is 0.202. The number of methoxy groups -OCH3 is 1. The van der Waals surface area contributed by atoms with Crippen molar-refractivity contribution in [3.05, 3.63) is 22.8 Å². The van der Waals surface area contributed by atoms with Crippen LogP contribution < -0.4 is 0 Å². The van der Waals surface area contributed by atoms with Crippen molar-refractivity contribution in [2.75, 3.05) is 7.11 Å². The molecule has 3 heteroatoms.